The molecular formula is C19H17ClN2O6. The largest absolute Gasteiger partial charge is 0.493 e. The maximum absolute atomic E-state index is 12.5. The van der Waals surface area contributed by atoms with Gasteiger partial charge in [-0.25, -0.2) is 9.78 Å². The Bertz CT molecular complexity index is 1100. The topological polar surface area (TPSA) is 88.4 Å². The Labute approximate surface area is 165 Å². The summed E-state index contributed by atoms with van der Waals surface area (Å²) < 4.78 is 22.4. The lowest BCUT2D eigenvalue weighted by Gasteiger charge is -2.15. The van der Waals surface area contributed by atoms with Gasteiger partial charge in [0.25, 0.3) is 5.56 Å². The van der Waals surface area contributed by atoms with Crippen molar-refractivity contribution < 1.29 is 23.7 Å². The average molecular weight is 405 g/mol. The second-order valence-electron chi connectivity index (χ2n) is 5.62. The molecule has 0 atom stereocenters. The van der Waals surface area contributed by atoms with Crippen molar-refractivity contribution in [2.45, 2.75) is 6.61 Å². The summed E-state index contributed by atoms with van der Waals surface area (Å²) in [5.41, 5.74) is 0.526. The summed E-state index contributed by atoms with van der Waals surface area (Å²) in [6, 6.07) is 7.58. The molecule has 0 aliphatic heterocycles. The molecule has 0 aliphatic rings. The van der Waals surface area contributed by atoms with E-state index in [1.165, 1.54) is 44.1 Å². The monoisotopic (exact) mass is 404 g/mol. The first-order chi connectivity index (χ1) is 13.5. The minimum atomic E-state index is -0.657. The van der Waals surface area contributed by atoms with E-state index >= 15 is 0 Å². The Kier molecular flexibility index (Phi) is 5.70. The van der Waals surface area contributed by atoms with E-state index in [0.29, 0.717) is 22.1 Å². The van der Waals surface area contributed by atoms with Crippen molar-refractivity contribution in [3.63, 3.8) is 0 Å². The Morgan fingerprint density at radius 2 is 1.82 bits per heavy atom. The Balaban J connectivity index is 1.86. The molecule has 0 fully saturated rings. The highest BCUT2D eigenvalue weighted by molar-refractivity contribution is 6.30. The quantitative estimate of drug-likeness (QED) is 0.583. The van der Waals surface area contributed by atoms with E-state index in [0.717, 1.165) is 0 Å². The molecule has 2 aromatic heterocycles. The SMILES string of the molecule is COc1ccc(C(=O)OCc2cc(=O)n3cc(Cl)ccc3n2)c(OC)c1OC. The molecule has 0 spiro atoms. The van der Waals surface area contributed by atoms with Gasteiger partial charge in [-0.05, 0) is 24.3 Å². The van der Waals surface area contributed by atoms with Crippen molar-refractivity contribution >= 4 is 23.2 Å². The first-order valence-electron chi connectivity index (χ1n) is 8.12. The van der Waals surface area contributed by atoms with Crippen LogP contribution in [0, 0.1) is 0 Å². The van der Waals surface area contributed by atoms with Gasteiger partial charge in [-0.15, -0.1) is 0 Å². The van der Waals surface area contributed by atoms with Gasteiger partial charge in [-0.2, -0.15) is 0 Å². The van der Waals surface area contributed by atoms with E-state index in [9.17, 15) is 9.59 Å². The highest BCUT2D eigenvalue weighted by Crippen LogP contribution is 2.40. The highest BCUT2D eigenvalue weighted by Gasteiger charge is 2.22. The van der Waals surface area contributed by atoms with Crippen molar-refractivity contribution in [2.75, 3.05) is 21.3 Å². The van der Waals surface area contributed by atoms with E-state index in [-0.39, 0.29) is 29.2 Å². The van der Waals surface area contributed by atoms with Crippen LogP contribution in [0.1, 0.15) is 16.1 Å². The minimum absolute atomic E-state index is 0.157. The standard InChI is InChI=1S/C19H17ClN2O6/c1-25-14-6-5-13(17(26-2)18(14)27-3)19(24)28-10-12-8-16(23)22-9-11(20)4-7-15(22)21-12/h4-9H,10H2,1-3H3. The van der Waals surface area contributed by atoms with Crippen LogP contribution in [0.2, 0.25) is 5.02 Å². The number of rotatable bonds is 6. The molecule has 3 aromatic rings. The Hall–Kier alpha value is -3.26. The summed E-state index contributed by atoms with van der Waals surface area (Å²) in [7, 11) is 4.32. The number of nitrogens with zero attached hydrogens (tertiary/aromatic N) is 2. The van der Waals surface area contributed by atoms with Crippen molar-refractivity contribution in [3.8, 4) is 17.2 Å². The van der Waals surface area contributed by atoms with Crippen LogP contribution < -0.4 is 19.8 Å². The normalized spacial score (nSPS) is 10.6. The number of methoxy groups -OCH3 is 3. The third-order valence-electron chi connectivity index (χ3n) is 3.95. The summed E-state index contributed by atoms with van der Waals surface area (Å²) >= 11 is 5.89. The van der Waals surface area contributed by atoms with Crippen molar-refractivity contribution in [1.29, 1.82) is 0 Å². The van der Waals surface area contributed by atoms with Gasteiger partial charge in [0, 0.05) is 12.3 Å². The molecule has 28 heavy (non-hydrogen) atoms. The molecule has 0 N–H and O–H groups in total. The molecule has 8 nitrogen and oxygen atoms in total. The van der Waals surface area contributed by atoms with Gasteiger partial charge < -0.3 is 18.9 Å². The number of halogens is 1. The van der Waals surface area contributed by atoms with Crippen molar-refractivity contribution in [2.24, 2.45) is 0 Å². The van der Waals surface area contributed by atoms with Crippen LogP contribution in [0.25, 0.3) is 5.65 Å². The summed E-state index contributed by atoms with van der Waals surface area (Å²) in [6.07, 6.45) is 1.47. The van der Waals surface area contributed by atoms with E-state index in [1.807, 2.05) is 0 Å². The molecule has 146 valence electrons. The van der Waals surface area contributed by atoms with Gasteiger partial charge in [0.1, 0.15) is 17.8 Å². The maximum atomic E-state index is 12.5. The minimum Gasteiger partial charge on any atom is -0.493 e. The predicted octanol–water partition coefficient (Wildman–Crippen LogP) is 2.73. The Morgan fingerprint density at radius 1 is 1.07 bits per heavy atom. The lowest BCUT2D eigenvalue weighted by molar-refractivity contribution is 0.0463. The number of esters is 1. The van der Waals surface area contributed by atoms with Gasteiger partial charge in [0.15, 0.2) is 11.5 Å². The molecule has 0 saturated heterocycles. The number of benzene rings is 1. The van der Waals surface area contributed by atoms with Crippen LogP contribution in [-0.2, 0) is 11.3 Å². The molecule has 0 saturated carbocycles. The van der Waals surface area contributed by atoms with Gasteiger partial charge in [-0.3, -0.25) is 9.20 Å². The molecule has 9 heteroatoms. The number of ether oxygens (including phenoxy) is 4. The fourth-order valence-electron chi connectivity index (χ4n) is 2.68. The zero-order chi connectivity index (χ0) is 20.3. The summed E-state index contributed by atoms with van der Waals surface area (Å²) in [5, 5.41) is 0.413. The maximum Gasteiger partial charge on any atom is 0.342 e. The van der Waals surface area contributed by atoms with Crippen LogP contribution in [0.5, 0.6) is 17.2 Å². The van der Waals surface area contributed by atoms with Gasteiger partial charge in [0.05, 0.1) is 32.0 Å². The fraction of sp³-hybridized carbons (Fsp3) is 0.211. The van der Waals surface area contributed by atoms with Crippen LogP contribution in [0.4, 0.5) is 0 Å². The Morgan fingerprint density at radius 3 is 2.50 bits per heavy atom. The van der Waals surface area contributed by atoms with Crippen molar-refractivity contribution in [3.05, 3.63) is 63.2 Å². The number of carbonyl (C=O) groups excluding carboxylic acids is 1. The first kappa shape index (κ1) is 19.5. The predicted molar refractivity (Wildman–Crippen MR) is 102 cm³/mol. The first-order valence-corrected chi connectivity index (χ1v) is 8.50. The zero-order valence-electron chi connectivity index (χ0n) is 15.4. The van der Waals surface area contributed by atoms with Gasteiger partial charge in [0.2, 0.25) is 5.75 Å². The molecule has 2 heterocycles. The lowest BCUT2D eigenvalue weighted by atomic mass is 10.1. The zero-order valence-corrected chi connectivity index (χ0v) is 16.1. The molecule has 0 unspecified atom stereocenters. The summed E-state index contributed by atoms with van der Waals surface area (Å²) in [4.78, 5) is 29.0. The molecule has 1 aromatic carbocycles. The summed E-state index contributed by atoms with van der Waals surface area (Å²) in [6.45, 7) is -0.190. The number of carbonyl (C=O) groups is 1. The van der Waals surface area contributed by atoms with Crippen LogP contribution in [-0.4, -0.2) is 36.7 Å². The lowest BCUT2D eigenvalue weighted by Crippen LogP contribution is -2.16. The number of pyridine rings is 1. The second kappa shape index (κ2) is 8.18. The average Bonchev–Trinajstić information content (AvgIpc) is 2.71. The number of hydrogen-bond acceptors (Lipinski definition) is 7. The van der Waals surface area contributed by atoms with Crippen LogP contribution in [0.3, 0.4) is 0 Å². The number of fused-ring (bicyclic) bond motifs is 1. The molecule has 0 radical (unpaired) electrons. The van der Waals surface area contributed by atoms with E-state index in [2.05, 4.69) is 4.98 Å². The molecule has 0 amide bonds. The smallest absolute Gasteiger partial charge is 0.342 e. The number of aromatic nitrogens is 2. The van der Waals surface area contributed by atoms with E-state index < -0.39 is 5.97 Å². The van der Waals surface area contributed by atoms with Gasteiger partial charge >= 0.3 is 5.97 Å². The molecule has 3 rings (SSSR count). The third-order valence-corrected chi connectivity index (χ3v) is 4.18. The molecular weight excluding hydrogens is 388 g/mol. The third kappa shape index (κ3) is 3.72. The van der Waals surface area contributed by atoms with E-state index in [4.69, 9.17) is 30.5 Å². The number of hydrogen-bond donors (Lipinski definition) is 0. The van der Waals surface area contributed by atoms with Gasteiger partial charge in [-0.1, -0.05) is 11.6 Å². The van der Waals surface area contributed by atoms with Crippen LogP contribution in [0.15, 0.2) is 41.3 Å². The highest BCUT2D eigenvalue weighted by atomic mass is 35.5. The van der Waals surface area contributed by atoms with Crippen LogP contribution >= 0.6 is 11.6 Å². The van der Waals surface area contributed by atoms with Crippen molar-refractivity contribution in [1.82, 2.24) is 9.38 Å². The molecule has 0 aliphatic carbocycles. The molecule has 0 bridgehead atoms. The van der Waals surface area contributed by atoms with E-state index in [1.54, 1.807) is 18.2 Å². The second-order valence-corrected chi connectivity index (χ2v) is 6.06. The fourth-order valence-corrected chi connectivity index (χ4v) is 2.84. The summed E-state index contributed by atoms with van der Waals surface area (Å²) in [5.74, 6) is 0.223.